The highest BCUT2D eigenvalue weighted by Gasteiger charge is 2.37. The van der Waals surface area contributed by atoms with Gasteiger partial charge in [-0.3, -0.25) is 9.52 Å². The van der Waals surface area contributed by atoms with E-state index in [1.165, 1.54) is 0 Å². The first-order valence-corrected chi connectivity index (χ1v) is 12.3. The Labute approximate surface area is 178 Å². The maximum Gasteiger partial charge on any atom is 0.262 e. The average molecular weight is 481 g/mol. The number of hydrogen-bond acceptors (Lipinski definition) is 4. The van der Waals surface area contributed by atoms with Crippen LogP contribution >= 0.6 is 27.7 Å². The fraction of sp³-hybridized carbons (Fsp3) is 0.350. The molecule has 0 aromatic heterocycles. The van der Waals surface area contributed by atoms with E-state index in [-0.39, 0.29) is 22.0 Å². The second-order valence-corrected chi connectivity index (χ2v) is 11.4. The van der Waals surface area contributed by atoms with Gasteiger partial charge in [-0.25, -0.2) is 8.42 Å². The number of sulfonamides is 1. The van der Waals surface area contributed by atoms with Crippen LogP contribution < -0.4 is 9.62 Å². The lowest BCUT2D eigenvalue weighted by Crippen LogP contribution is -2.39. The summed E-state index contributed by atoms with van der Waals surface area (Å²) in [6, 6.07) is 10.5. The van der Waals surface area contributed by atoms with Crippen LogP contribution in [0.5, 0.6) is 0 Å². The predicted molar refractivity (Wildman–Crippen MR) is 117 cm³/mol. The topological polar surface area (TPSA) is 66.5 Å². The summed E-state index contributed by atoms with van der Waals surface area (Å²) in [5.74, 6) is 0.197. The summed E-state index contributed by atoms with van der Waals surface area (Å²) in [5.41, 5.74) is 2.21. The number of halogens is 1. The molecule has 0 saturated heterocycles. The molecule has 2 aromatic carbocycles. The van der Waals surface area contributed by atoms with Crippen LogP contribution in [-0.4, -0.2) is 26.1 Å². The summed E-state index contributed by atoms with van der Waals surface area (Å²) in [6.45, 7) is 4.63. The molecule has 5 nitrogen and oxygen atoms in total. The van der Waals surface area contributed by atoms with Crippen molar-refractivity contribution in [3.05, 3.63) is 46.4 Å². The molecule has 0 spiro atoms. The smallest absolute Gasteiger partial charge is 0.262 e. The Kier molecular flexibility index (Phi) is 5.22. The number of aryl methyl sites for hydroxylation is 1. The lowest BCUT2D eigenvalue weighted by atomic mass is 10.2. The van der Waals surface area contributed by atoms with Crippen molar-refractivity contribution in [2.24, 2.45) is 5.92 Å². The molecule has 1 fully saturated rings. The minimum absolute atomic E-state index is 0.0880. The normalized spacial score (nSPS) is 19.2. The Morgan fingerprint density at radius 3 is 2.64 bits per heavy atom. The minimum Gasteiger partial charge on any atom is -0.310 e. The molecular formula is C20H21BrN2O3S2. The molecule has 1 N–H and O–H groups in total. The summed E-state index contributed by atoms with van der Waals surface area (Å²) in [4.78, 5) is 15.6. The van der Waals surface area contributed by atoms with Gasteiger partial charge < -0.3 is 4.90 Å². The van der Waals surface area contributed by atoms with Crippen LogP contribution in [-0.2, 0) is 14.8 Å². The largest absolute Gasteiger partial charge is 0.310 e. The Hall–Kier alpha value is -1.51. The van der Waals surface area contributed by atoms with Crippen LogP contribution in [0.2, 0.25) is 0 Å². The maximum absolute atomic E-state index is 13.0. The van der Waals surface area contributed by atoms with E-state index in [2.05, 4.69) is 27.6 Å². The predicted octanol–water partition coefficient (Wildman–Crippen LogP) is 4.80. The molecule has 2 aliphatic rings. The van der Waals surface area contributed by atoms with Crippen LogP contribution in [0.4, 0.5) is 11.4 Å². The van der Waals surface area contributed by atoms with Crippen molar-refractivity contribution in [1.82, 2.24) is 0 Å². The SMILES string of the molecule is Cc1ccc(NS(=O)(=O)c2ccc3c(c2)N(C(=O)C2CC2)C[C@@H](C)S3)c(Br)c1. The van der Waals surface area contributed by atoms with E-state index in [1.54, 1.807) is 34.9 Å². The van der Waals surface area contributed by atoms with Gasteiger partial charge in [0.25, 0.3) is 10.0 Å². The first kappa shape index (κ1) is 19.8. The van der Waals surface area contributed by atoms with Crippen molar-refractivity contribution in [2.75, 3.05) is 16.2 Å². The first-order valence-electron chi connectivity index (χ1n) is 9.15. The molecule has 0 radical (unpaired) electrons. The highest BCUT2D eigenvalue weighted by atomic mass is 79.9. The van der Waals surface area contributed by atoms with E-state index < -0.39 is 10.0 Å². The zero-order valence-corrected chi connectivity index (χ0v) is 18.8. The van der Waals surface area contributed by atoms with Gasteiger partial charge in [-0.2, -0.15) is 0 Å². The summed E-state index contributed by atoms with van der Waals surface area (Å²) in [5, 5.41) is 0.277. The second-order valence-electron chi connectivity index (χ2n) is 7.37. The molecule has 2 aromatic rings. The lowest BCUT2D eigenvalue weighted by molar-refractivity contribution is -0.119. The number of rotatable bonds is 4. The maximum atomic E-state index is 13.0. The summed E-state index contributed by atoms with van der Waals surface area (Å²) in [7, 11) is -3.78. The van der Waals surface area contributed by atoms with Crippen LogP contribution in [0.1, 0.15) is 25.3 Å². The highest BCUT2D eigenvalue weighted by Crippen LogP contribution is 2.42. The average Bonchev–Trinajstić information content (AvgIpc) is 3.47. The van der Waals surface area contributed by atoms with Gasteiger partial charge in [0.2, 0.25) is 5.91 Å². The number of nitrogens with zero attached hydrogens (tertiary/aromatic N) is 1. The number of hydrogen-bond donors (Lipinski definition) is 1. The summed E-state index contributed by atoms with van der Waals surface area (Å²) >= 11 is 5.08. The van der Waals surface area contributed by atoms with E-state index in [1.807, 2.05) is 25.1 Å². The van der Waals surface area contributed by atoms with Crippen molar-refractivity contribution < 1.29 is 13.2 Å². The summed E-state index contributed by atoms with van der Waals surface area (Å²) in [6.07, 6.45) is 1.85. The van der Waals surface area contributed by atoms with Crippen molar-refractivity contribution in [1.29, 1.82) is 0 Å². The van der Waals surface area contributed by atoms with Crippen molar-refractivity contribution >= 4 is 55.0 Å². The van der Waals surface area contributed by atoms with Crippen LogP contribution in [0.15, 0.2) is 50.7 Å². The van der Waals surface area contributed by atoms with Gasteiger partial charge in [-0.15, -0.1) is 11.8 Å². The number of fused-ring (bicyclic) bond motifs is 1. The Balaban J connectivity index is 1.68. The number of carbonyl (C=O) groups excluding carboxylic acids is 1. The molecule has 4 rings (SSSR count). The van der Waals surface area contributed by atoms with E-state index in [4.69, 9.17) is 0 Å². The van der Waals surface area contributed by atoms with Gasteiger partial charge in [0.1, 0.15) is 0 Å². The van der Waals surface area contributed by atoms with E-state index in [0.29, 0.717) is 22.4 Å². The van der Waals surface area contributed by atoms with Gasteiger partial charge in [-0.05, 0) is 71.6 Å². The fourth-order valence-electron chi connectivity index (χ4n) is 3.25. The number of anilines is 2. The standard InChI is InChI=1S/C20H21BrN2O3S2/c1-12-3-7-17(16(21)9-12)22-28(25,26)15-6-8-19-18(10-15)23(11-13(2)27-19)20(24)14-4-5-14/h3,6-10,13-14,22H,4-5,11H2,1-2H3/t13-/m1/s1. The molecule has 148 valence electrons. The monoisotopic (exact) mass is 480 g/mol. The van der Waals surface area contributed by atoms with Crippen LogP contribution in [0.3, 0.4) is 0 Å². The third kappa shape index (κ3) is 3.95. The molecule has 1 heterocycles. The van der Waals surface area contributed by atoms with Crippen LogP contribution in [0, 0.1) is 12.8 Å². The Morgan fingerprint density at radius 1 is 1.21 bits per heavy atom. The van der Waals surface area contributed by atoms with E-state index in [9.17, 15) is 13.2 Å². The van der Waals surface area contributed by atoms with Gasteiger partial charge in [0.05, 0.1) is 16.3 Å². The molecule has 28 heavy (non-hydrogen) atoms. The van der Waals surface area contributed by atoms with E-state index >= 15 is 0 Å². The van der Waals surface area contributed by atoms with Gasteiger partial charge in [-0.1, -0.05) is 13.0 Å². The highest BCUT2D eigenvalue weighted by molar-refractivity contribution is 9.10. The third-order valence-corrected chi connectivity index (χ3v) is 8.03. The minimum atomic E-state index is -3.78. The molecular weight excluding hydrogens is 460 g/mol. The zero-order valence-electron chi connectivity index (χ0n) is 15.6. The van der Waals surface area contributed by atoms with Crippen molar-refractivity contribution in [2.45, 2.75) is 41.7 Å². The quantitative estimate of drug-likeness (QED) is 0.682. The number of amides is 1. The molecule has 1 amide bonds. The van der Waals surface area contributed by atoms with Crippen LogP contribution in [0.25, 0.3) is 0 Å². The molecule has 1 aliphatic carbocycles. The molecule has 0 unspecified atom stereocenters. The number of nitrogens with one attached hydrogen (secondary N) is 1. The number of thioether (sulfide) groups is 1. The number of benzene rings is 2. The number of carbonyl (C=O) groups is 1. The second kappa shape index (κ2) is 7.39. The summed E-state index contributed by atoms with van der Waals surface area (Å²) < 4.78 is 29.3. The Morgan fingerprint density at radius 2 is 1.96 bits per heavy atom. The first-order chi connectivity index (χ1) is 13.2. The molecule has 1 atom stereocenters. The van der Waals surface area contributed by atoms with Gasteiger partial charge >= 0.3 is 0 Å². The molecule has 1 aliphatic heterocycles. The van der Waals surface area contributed by atoms with Gasteiger partial charge in [0.15, 0.2) is 0 Å². The van der Waals surface area contributed by atoms with Crippen molar-refractivity contribution in [3.8, 4) is 0 Å². The Bertz CT molecular complexity index is 1050. The van der Waals surface area contributed by atoms with Crippen molar-refractivity contribution in [3.63, 3.8) is 0 Å². The van der Waals surface area contributed by atoms with E-state index in [0.717, 1.165) is 23.3 Å². The third-order valence-electron chi connectivity index (χ3n) is 4.86. The lowest BCUT2D eigenvalue weighted by Gasteiger charge is -2.33. The molecule has 8 heteroatoms. The fourth-order valence-corrected chi connectivity index (χ4v) is 6.17. The molecule has 1 saturated carbocycles. The van der Waals surface area contributed by atoms with Gasteiger partial charge in [0, 0.05) is 27.1 Å². The molecule has 0 bridgehead atoms. The zero-order chi connectivity index (χ0) is 20.1.